The Morgan fingerprint density at radius 2 is 1.97 bits per heavy atom. The largest absolute Gasteiger partial charge is 0.399 e. The Balaban J connectivity index is 2.00. The van der Waals surface area contributed by atoms with E-state index in [4.69, 9.17) is 34.8 Å². The maximum Gasteiger partial charge on any atom is 0.282 e. The average Bonchev–Trinajstić information content (AvgIpc) is 3.24. The summed E-state index contributed by atoms with van der Waals surface area (Å²) in [5.74, 6) is -1.59. The summed E-state index contributed by atoms with van der Waals surface area (Å²) in [6.45, 7) is 0.00683. The lowest BCUT2D eigenvalue weighted by Gasteiger charge is -2.14. The van der Waals surface area contributed by atoms with Gasteiger partial charge in [-0.3, -0.25) is 9.59 Å². The summed E-state index contributed by atoms with van der Waals surface area (Å²) in [5, 5.41) is 12.4. The van der Waals surface area contributed by atoms with Crippen molar-refractivity contribution in [2.75, 3.05) is 19.0 Å². The highest BCUT2D eigenvalue weighted by Gasteiger charge is 2.25. The van der Waals surface area contributed by atoms with Gasteiger partial charge in [0.1, 0.15) is 18.5 Å². The number of nitrogens with one attached hydrogen (secondary N) is 2. The van der Waals surface area contributed by atoms with E-state index >= 15 is 0 Å². The van der Waals surface area contributed by atoms with Crippen LogP contribution < -0.4 is 10.6 Å². The van der Waals surface area contributed by atoms with Crippen molar-refractivity contribution >= 4 is 58.5 Å². The smallest absolute Gasteiger partial charge is 0.282 e. The van der Waals surface area contributed by atoms with Crippen molar-refractivity contribution in [2.24, 2.45) is 5.16 Å². The fourth-order valence-electron chi connectivity index (χ4n) is 2.77. The Morgan fingerprint density at radius 1 is 1.21 bits per heavy atom. The number of anilines is 1. The molecule has 0 saturated heterocycles. The molecule has 2 aromatic heterocycles. The predicted molar refractivity (Wildman–Crippen MR) is 124 cm³/mol. The number of nitrogens with zero attached hydrogens (tertiary/aromatic N) is 4. The molecule has 2 amide bonds. The third-order valence-electron chi connectivity index (χ3n) is 4.20. The number of rotatable bonds is 8. The molecule has 3 rings (SSSR count). The Morgan fingerprint density at radius 3 is 2.65 bits per heavy atom. The van der Waals surface area contributed by atoms with Crippen LogP contribution in [0.25, 0.3) is 5.82 Å². The molecular formula is C20H15Cl3F2N6O3. The summed E-state index contributed by atoms with van der Waals surface area (Å²) >= 11 is 18.4. The number of hydrogen-bond acceptors (Lipinski definition) is 6. The number of benzene rings is 1. The van der Waals surface area contributed by atoms with Crippen LogP contribution in [0.4, 0.5) is 14.5 Å². The molecule has 14 heteroatoms. The maximum atomic E-state index is 13.3. The minimum Gasteiger partial charge on any atom is -0.399 e. The van der Waals surface area contributed by atoms with Gasteiger partial charge in [-0.25, -0.2) is 18.4 Å². The second-order valence-corrected chi connectivity index (χ2v) is 7.67. The zero-order valence-electron chi connectivity index (χ0n) is 17.2. The molecule has 1 aromatic carbocycles. The second-order valence-electron chi connectivity index (χ2n) is 6.42. The zero-order valence-corrected chi connectivity index (χ0v) is 19.5. The van der Waals surface area contributed by atoms with Crippen molar-refractivity contribution in [1.29, 1.82) is 0 Å². The Bertz CT molecular complexity index is 1250. The van der Waals surface area contributed by atoms with Gasteiger partial charge in [0.25, 0.3) is 18.2 Å². The van der Waals surface area contributed by atoms with Crippen LogP contribution in [0.15, 0.2) is 41.7 Å². The molecule has 0 aliphatic heterocycles. The van der Waals surface area contributed by atoms with Gasteiger partial charge in [0.15, 0.2) is 5.82 Å². The van der Waals surface area contributed by atoms with Gasteiger partial charge < -0.3 is 15.5 Å². The van der Waals surface area contributed by atoms with E-state index < -0.39 is 23.9 Å². The van der Waals surface area contributed by atoms with E-state index in [2.05, 4.69) is 30.7 Å². The highest BCUT2D eigenvalue weighted by Crippen LogP contribution is 2.31. The van der Waals surface area contributed by atoms with E-state index in [9.17, 15) is 18.4 Å². The van der Waals surface area contributed by atoms with Gasteiger partial charge in [0.2, 0.25) is 0 Å². The zero-order chi connectivity index (χ0) is 24.8. The summed E-state index contributed by atoms with van der Waals surface area (Å²) in [7, 11) is 1.34. The maximum absolute atomic E-state index is 13.3. The first-order chi connectivity index (χ1) is 16.2. The van der Waals surface area contributed by atoms with Crippen LogP contribution >= 0.6 is 34.8 Å². The van der Waals surface area contributed by atoms with E-state index in [0.717, 1.165) is 10.7 Å². The summed E-state index contributed by atoms with van der Waals surface area (Å²) in [5.41, 5.74) is -1.17. The number of hydrogen-bond donors (Lipinski definition) is 2. The number of carbonyl (C=O) groups excluding carboxylic acids is 2. The van der Waals surface area contributed by atoms with Crippen molar-refractivity contribution in [3.63, 3.8) is 0 Å². The Labute approximate surface area is 206 Å². The van der Waals surface area contributed by atoms with E-state index in [1.807, 2.05) is 0 Å². The quantitative estimate of drug-likeness (QED) is 0.321. The standard InChI is InChI=1S/C20H15Cl3F2N6O3/c1-34-28-6-5-27-19(32)11-7-10(21)8-13(23)16(11)29-20(33)15-9-14(17(24)25)30-31(15)18-12(22)3-2-4-26-18/h2-4,6-9,17H,5H2,1H3,(H,27,32)(H,29,33)/b28-6+. The monoisotopic (exact) mass is 530 g/mol. The molecule has 0 bridgehead atoms. The fraction of sp³-hybridized carbons (Fsp3) is 0.150. The minimum absolute atomic E-state index is 0.00683. The lowest BCUT2D eigenvalue weighted by Crippen LogP contribution is -2.27. The third-order valence-corrected chi connectivity index (χ3v) is 5.01. The number of halogens is 5. The molecule has 34 heavy (non-hydrogen) atoms. The average molecular weight is 532 g/mol. The first kappa shape index (κ1) is 25.3. The molecule has 3 aromatic rings. The molecular weight excluding hydrogens is 517 g/mol. The topological polar surface area (TPSA) is 110 Å². The van der Waals surface area contributed by atoms with E-state index in [0.29, 0.717) is 0 Å². The fourth-order valence-corrected chi connectivity index (χ4v) is 3.51. The van der Waals surface area contributed by atoms with Gasteiger partial charge in [0.05, 0.1) is 34.1 Å². The molecule has 0 atom stereocenters. The van der Waals surface area contributed by atoms with E-state index in [1.54, 1.807) is 0 Å². The number of amides is 2. The first-order valence-electron chi connectivity index (χ1n) is 9.35. The van der Waals surface area contributed by atoms with Gasteiger partial charge in [-0.1, -0.05) is 40.0 Å². The van der Waals surface area contributed by atoms with Crippen molar-refractivity contribution in [1.82, 2.24) is 20.1 Å². The number of aromatic nitrogens is 3. The minimum atomic E-state index is -2.97. The molecule has 0 unspecified atom stereocenters. The van der Waals surface area contributed by atoms with Gasteiger partial charge >= 0.3 is 0 Å². The normalized spacial score (nSPS) is 11.1. The van der Waals surface area contributed by atoms with Crippen molar-refractivity contribution in [3.05, 3.63) is 68.5 Å². The van der Waals surface area contributed by atoms with Gasteiger partial charge in [-0.15, -0.1) is 0 Å². The molecule has 0 spiro atoms. The Hall–Kier alpha value is -3.28. The molecule has 0 saturated carbocycles. The molecule has 0 aliphatic rings. The number of oxime groups is 1. The van der Waals surface area contributed by atoms with E-state index in [1.165, 1.54) is 43.8 Å². The Kier molecular flexibility index (Phi) is 8.37. The summed E-state index contributed by atoms with van der Waals surface area (Å²) < 4.78 is 27.6. The molecule has 0 aliphatic carbocycles. The number of carbonyl (C=O) groups is 2. The highest BCUT2D eigenvalue weighted by molar-refractivity contribution is 6.38. The molecule has 0 fully saturated rings. The van der Waals surface area contributed by atoms with E-state index in [-0.39, 0.29) is 44.4 Å². The molecule has 2 N–H and O–H groups in total. The molecule has 9 nitrogen and oxygen atoms in total. The van der Waals surface area contributed by atoms with Gasteiger partial charge in [-0.2, -0.15) is 5.10 Å². The summed E-state index contributed by atoms with van der Waals surface area (Å²) in [6, 6.07) is 6.46. The van der Waals surface area contributed by atoms with Crippen LogP contribution in [0.5, 0.6) is 0 Å². The second kappa shape index (κ2) is 11.2. The first-order valence-corrected chi connectivity index (χ1v) is 10.5. The molecule has 178 valence electrons. The number of pyridine rings is 1. The van der Waals surface area contributed by atoms with Crippen molar-refractivity contribution in [3.8, 4) is 5.82 Å². The lowest BCUT2D eigenvalue weighted by molar-refractivity contribution is 0.0960. The van der Waals surface area contributed by atoms with Gasteiger partial charge in [0, 0.05) is 11.2 Å². The van der Waals surface area contributed by atoms with Crippen molar-refractivity contribution in [2.45, 2.75) is 6.43 Å². The molecule has 2 heterocycles. The van der Waals surface area contributed by atoms with Crippen LogP contribution in [0.1, 0.15) is 33.0 Å². The SMILES string of the molecule is CO/N=C/CNC(=O)c1cc(Cl)cc(Cl)c1NC(=O)c1cc(C(F)F)nn1-c1ncccc1Cl. The van der Waals surface area contributed by atoms with Crippen LogP contribution in [0.3, 0.4) is 0 Å². The number of alkyl halides is 2. The van der Waals surface area contributed by atoms with Crippen LogP contribution in [0, 0.1) is 0 Å². The summed E-state index contributed by atoms with van der Waals surface area (Å²) in [6.07, 6.45) is -0.314. The van der Waals surface area contributed by atoms with Crippen LogP contribution in [-0.2, 0) is 4.84 Å². The predicted octanol–water partition coefficient (Wildman–Crippen LogP) is 4.78. The van der Waals surface area contributed by atoms with Crippen molar-refractivity contribution < 1.29 is 23.2 Å². The summed E-state index contributed by atoms with van der Waals surface area (Å²) in [4.78, 5) is 34.3. The lowest BCUT2D eigenvalue weighted by atomic mass is 10.1. The molecule has 0 radical (unpaired) electrons. The third kappa shape index (κ3) is 5.79. The van der Waals surface area contributed by atoms with Crippen LogP contribution in [0.2, 0.25) is 15.1 Å². The highest BCUT2D eigenvalue weighted by atomic mass is 35.5. The van der Waals surface area contributed by atoms with Gasteiger partial charge in [-0.05, 0) is 30.3 Å². The van der Waals surface area contributed by atoms with Crippen LogP contribution in [-0.4, -0.2) is 46.4 Å².